The van der Waals surface area contributed by atoms with Crippen LogP contribution in [0.3, 0.4) is 0 Å². The van der Waals surface area contributed by atoms with E-state index in [0.29, 0.717) is 12.0 Å². The number of hydrogen-bond acceptors (Lipinski definition) is 3. The second-order valence-electron chi connectivity index (χ2n) is 3.09. The number of aliphatic hydroxyl groups excluding tert-OH is 1. The van der Waals surface area contributed by atoms with Crippen molar-refractivity contribution in [2.75, 3.05) is 6.26 Å². The van der Waals surface area contributed by atoms with Crippen molar-refractivity contribution >= 4 is 11.8 Å². The summed E-state index contributed by atoms with van der Waals surface area (Å²) >= 11 is 1.61. The summed E-state index contributed by atoms with van der Waals surface area (Å²) in [7, 11) is 0. The molecule has 1 N–H and O–H groups in total. The molecule has 0 amide bonds. The zero-order chi connectivity index (χ0) is 11.1. The lowest BCUT2D eigenvalue weighted by Crippen LogP contribution is -1.95. The Morgan fingerprint density at radius 3 is 2.67 bits per heavy atom. The summed E-state index contributed by atoms with van der Waals surface area (Å²) in [6.45, 7) is 0. The highest BCUT2D eigenvalue weighted by molar-refractivity contribution is 8.01. The first-order valence-electron chi connectivity index (χ1n) is 4.64. The van der Waals surface area contributed by atoms with Crippen molar-refractivity contribution in [1.29, 1.82) is 5.26 Å². The largest absolute Gasteiger partial charge is 0.388 e. The Labute approximate surface area is 94.2 Å². The fourth-order valence-corrected chi connectivity index (χ4v) is 1.50. The van der Waals surface area contributed by atoms with Crippen LogP contribution in [0.4, 0.5) is 0 Å². The molecule has 3 heteroatoms. The summed E-state index contributed by atoms with van der Waals surface area (Å²) in [5, 5.41) is 20.3. The van der Waals surface area contributed by atoms with Crippen LogP contribution >= 0.6 is 11.8 Å². The van der Waals surface area contributed by atoms with Crippen molar-refractivity contribution in [1.82, 2.24) is 0 Å². The first-order valence-corrected chi connectivity index (χ1v) is 5.92. The minimum atomic E-state index is -0.485. The second kappa shape index (κ2) is 6.28. The predicted octanol–water partition coefficient (Wildman–Crippen LogP) is 2.86. The number of aliphatic hydroxyl groups is 1. The molecule has 78 valence electrons. The second-order valence-corrected chi connectivity index (χ2v) is 3.84. The monoisotopic (exact) mass is 219 g/mol. The van der Waals surface area contributed by atoms with Gasteiger partial charge in [-0.1, -0.05) is 18.2 Å². The van der Waals surface area contributed by atoms with Gasteiger partial charge in [-0.25, -0.2) is 0 Å². The molecule has 1 aromatic rings. The number of hydrogen-bond donors (Lipinski definition) is 1. The highest BCUT2D eigenvalue weighted by Gasteiger charge is 2.04. The lowest BCUT2D eigenvalue weighted by molar-refractivity contribution is 0.181. The summed E-state index contributed by atoms with van der Waals surface area (Å²) in [6.07, 6.45) is 4.03. The maximum atomic E-state index is 9.77. The van der Waals surface area contributed by atoms with Gasteiger partial charge in [-0.15, -0.1) is 11.8 Å². The zero-order valence-corrected chi connectivity index (χ0v) is 9.37. The average molecular weight is 219 g/mol. The number of rotatable bonds is 4. The minimum absolute atomic E-state index is 0.485. The quantitative estimate of drug-likeness (QED) is 0.846. The summed E-state index contributed by atoms with van der Waals surface area (Å²) in [5.74, 6) is 0. The molecular formula is C12H13NOS. The Hall–Kier alpha value is -1.24. The van der Waals surface area contributed by atoms with E-state index in [9.17, 15) is 5.11 Å². The molecular weight excluding hydrogens is 206 g/mol. The fourth-order valence-electron chi connectivity index (χ4n) is 1.20. The molecule has 0 spiro atoms. The van der Waals surface area contributed by atoms with Crippen molar-refractivity contribution in [2.24, 2.45) is 0 Å². The first kappa shape index (κ1) is 11.8. The molecule has 0 aromatic heterocycles. The first-order chi connectivity index (χ1) is 7.27. The van der Waals surface area contributed by atoms with Crippen LogP contribution in [0, 0.1) is 11.3 Å². The van der Waals surface area contributed by atoms with Crippen LogP contribution in [0.25, 0.3) is 0 Å². The van der Waals surface area contributed by atoms with E-state index >= 15 is 0 Å². The topological polar surface area (TPSA) is 44.0 Å². The van der Waals surface area contributed by atoms with Crippen LogP contribution in [0.5, 0.6) is 0 Å². The van der Waals surface area contributed by atoms with Crippen LogP contribution in [0.15, 0.2) is 35.7 Å². The average Bonchev–Trinajstić information content (AvgIpc) is 2.29. The SMILES string of the molecule is CS/C=C\CC(O)c1ccc(C#N)cc1. The molecule has 1 rings (SSSR count). The molecule has 0 aliphatic carbocycles. The highest BCUT2D eigenvalue weighted by atomic mass is 32.2. The zero-order valence-electron chi connectivity index (χ0n) is 8.55. The van der Waals surface area contributed by atoms with Crippen LogP contribution in [0.1, 0.15) is 23.7 Å². The standard InChI is InChI=1S/C12H13NOS/c1-15-8-2-3-12(14)11-6-4-10(9-13)5-7-11/h2,4-8,12,14H,3H2,1H3/b8-2-. The van der Waals surface area contributed by atoms with Crippen molar-refractivity contribution in [2.45, 2.75) is 12.5 Å². The van der Waals surface area contributed by atoms with Crippen LogP contribution < -0.4 is 0 Å². The molecule has 2 nitrogen and oxygen atoms in total. The van der Waals surface area contributed by atoms with Gasteiger partial charge in [-0.2, -0.15) is 5.26 Å². The van der Waals surface area contributed by atoms with E-state index < -0.39 is 6.10 Å². The van der Waals surface area contributed by atoms with E-state index in [2.05, 4.69) is 0 Å². The van der Waals surface area contributed by atoms with Crippen LogP contribution in [0.2, 0.25) is 0 Å². The molecule has 0 aliphatic rings. The van der Waals surface area contributed by atoms with Crippen molar-refractivity contribution in [3.05, 3.63) is 46.9 Å². The van der Waals surface area contributed by atoms with E-state index in [-0.39, 0.29) is 0 Å². The number of thioether (sulfide) groups is 1. The number of benzene rings is 1. The van der Waals surface area contributed by atoms with E-state index in [0.717, 1.165) is 5.56 Å². The molecule has 0 bridgehead atoms. The summed E-state index contributed by atoms with van der Waals surface area (Å²) in [5.41, 5.74) is 1.46. The lowest BCUT2D eigenvalue weighted by Gasteiger charge is -2.07. The van der Waals surface area contributed by atoms with Crippen LogP contribution in [-0.4, -0.2) is 11.4 Å². The fraction of sp³-hybridized carbons (Fsp3) is 0.250. The normalized spacial score (nSPS) is 12.6. The number of nitrogens with zero attached hydrogens (tertiary/aromatic N) is 1. The van der Waals surface area contributed by atoms with Gasteiger partial charge >= 0.3 is 0 Å². The molecule has 0 fully saturated rings. The van der Waals surface area contributed by atoms with Crippen molar-refractivity contribution in [3.8, 4) is 6.07 Å². The van der Waals surface area contributed by atoms with Gasteiger partial charge in [-0.05, 0) is 35.8 Å². The third-order valence-electron chi connectivity index (χ3n) is 2.02. The minimum Gasteiger partial charge on any atom is -0.388 e. The van der Waals surface area contributed by atoms with E-state index in [1.807, 2.05) is 23.8 Å². The lowest BCUT2D eigenvalue weighted by atomic mass is 10.1. The van der Waals surface area contributed by atoms with E-state index in [4.69, 9.17) is 5.26 Å². The Kier molecular flexibility index (Phi) is 4.96. The molecule has 0 aliphatic heterocycles. The van der Waals surface area contributed by atoms with Gasteiger partial charge in [0.2, 0.25) is 0 Å². The smallest absolute Gasteiger partial charge is 0.0991 e. The Morgan fingerprint density at radius 2 is 2.13 bits per heavy atom. The van der Waals surface area contributed by atoms with E-state index in [1.165, 1.54) is 0 Å². The molecule has 0 radical (unpaired) electrons. The maximum absolute atomic E-state index is 9.77. The molecule has 0 heterocycles. The third kappa shape index (κ3) is 3.78. The van der Waals surface area contributed by atoms with Crippen molar-refractivity contribution < 1.29 is 5.11 Å². The predicted molar refractivity (Wildman–Crippen MR) is 63.4 cm³/mol. The van der Waals surface area contributed by atoms with Crippen LogP contribution in [-0.2, 0) is 0 Å². The van der Waals surface area contributed by atoms with E-state index in [1.54, 1.807) is 36.0 Å². The molecule has 1 unspecified atom stereocenters. The summed E-state index contributed by atoms with van der Waals surface area (Å²) < 4.78 is 0. The summed E-state index contributed by atoms with van der Waals surface area (Å²) in [6, 6.07) is 9.06. The molecule has 1 aromatic carbocycles. The van der Waals surface area contributed by atoms with Gasteiger partial charge in [0.25, 0.3) is 0 Å². The molecule has 0 saturated carbocycles. The maximum Gasteiger partial charge on any atom is 0.0991 e. The molecule has 15 heavy (non-hydrogen) atoms. The highest BCUT2D eigenvalue weighted by Crippen LogP contribution is 2.17. The Morgan fingerprint density at radius 1 is 1.47 bits per heavy atom. The third-order valence-corrected chi connectivity index (χ3v) is 2.48. The van der Waals surface area contributed by atoms with Gasteiger partial charge < -0.3 is 5.11 Å². The van der Waals surface area contributed by atoms with Gasteiger partial charge in [0, 0.05) is 0 Å². The number of nitriles is 1. The van der Waals surface area contributed by atoms with Gasteiger partial charge in [0.05, 0.1) is 17.7 Å². The summed E-state index contributed by atoms with van der Waals surface area (Å²) in [4.78, 5) is 0. The van der Waals surface area contributed by atoms with Gasteiger partial charge in [-0.3, -0.25) is 0 Å². The van der Waals surface area contributed by atoms with Gasteiger partial charge in [0.15, 0.2) is 0 Å². The molecule has 0 saturated heterocycles. The Balaban J connectivity index is 2.62. The Bertz CT molecular complexity index is 364. The van der Waals surface area contributed by atoms with Gasteiger partial charge in [0.1, 0.15) is 0 Å². The van der Waals surface area contributed by atoms with Crippen molar-refractivity contribution in [3.63, 3.8) is 0 Å². The molecule has 1 atom stereocenters.